The first-order chi connectivity index (χ1) is 11.2. The molecule has 4 rings (SSSR count). The number of hydrogen-bond donors (Lipinski definition) is 1. The summed E-state index contributed by atoms with van der Waals surface area (Å²) in [7, 11) is 1.29. The lowest BCUT2D eigenvalue weighted by molar-refractivity contribution is -0.123. The van der Waals surface area contributed by atoms with Crippen molar-refractivity contribution >= 4 is 11.9 Å². The second kappa shape index (κ2) is 5.57. The van der Waals surface area contributed by atoms with Gasteiger partial charge in [-0.3, -0.25) is 4.79 Å². The molecular formula is C14H18N4O5. The Hall–Kier alpha value is -2.00. The fourth-order valence-electron chi connectivity index (χ4n) is 3.11. The Bertz CT molecular complexity index is 628. The quantitative estimate of drug-likeness (QED) is 0.731. The van der Waals surface area contributed by atoms with E-state index in [1.54, 1.807) is 4.68 Å². The van der Waals surface area contributed by atoms with Gasteiger partial charge in [-0.2, -0.15) is 0 Å². The maximum atomic E-state index is 11.9. The number of rotatable bonds is 4. The molecule has 1 aromatic rings. The van der Waals surface area contributed by atoms with Crippen LogP contribution in [-0.4, -0.2) is 65.4 Å². The molecule has 1 N–H and O–H groups in total. The lowest BCUT2D eigenvalue weighted by atomic mass is 10.1. The molecule has 2 saturated heterocycles. The van der Waals surface area contributed by atoms with Gasteiger partial charge in [0.25, 0.3) is 0 Å². The molecule has 2 aliphatic heterocycles. The zero-order valence-electron chi connectivity index (χ0n) is 12.7. The third kappa shape index (κ3) is 2.59. The Kier molecular flexibility index (Phi) is 3.53. The Morgan fingerprint density at radius 3 is 2.83 bits per heavy atom. The fraction of sp³-hybridized carbons (Fsp3) is 0.714. The summed E-state index contributed by atoms with van der Waals surface area (Å²) in [5, 5.41) is 10.8. The van der Waals surface area contributed by atoms with Crippen molar-refractivity contribution in [3.63, 3.8) is 0 Å². The Labute approximate surface area is 132 Å². The molecule has 0 radical (unpaired) electrons. The molecular weight excluding hydrogens is 304 g/mol. The van der Waals surface area contributed by atoms with Crippen molar-refractivity contribution in [2.75, 3.05) is 20.3 Å². The zero-order chi connectivity index (χ0) is 16.0. The minimum atomic E-state index is -0.534. The first kappa shape index (κ1) is 14.6. The van der Waals surface area contributed by atoms with E-state index in [2.05, 4.69) is 20.4 Å². The van der Waals surface area contributed by atoms with Gasteiger partial charge in [0.15, 0.2) is 5.69 Å². The van der Waals surface area contributed by atoms with E-state index < -0.39 is 5.97 Å². The second-order valence-electron chi connectivity index (χ2n) is 6.13. The molecule has 3 fully saturated rings. The van der Waals surface area contributed by atoms with Crippen molar-refractivity contribution in [2.24, 2.45) is 5.92 Å². The summed E-state index contributed by atoms with van der Waals surface area (Å²) in [4.78, 5) is 23.4. The van der Waals surface area contributed by atoms with Gasteiger partial charge in [-0.05, 0) is 12.8 Å². The molecule has 1 aromatic heterocycles. The smallest absolute Gasteiger partial charge is 0.360 e. The van der Waals surface area contributed by atoms with E-state index in [9.17, 15) is 9.59 Å². The average molecular weight is 322 g/mol. The molecule has 0 bridgehead atoms. The summed E-state index contributed by atoms with van der Waals surface area (Å²) < 4.78 is 17.8. The number of aromatic nitrogens is 3. The highest BCUT2D eigenvalue weighted by Crippen LogP contribution is 2.35. The van der Waals surface area contributed by atoms with E-state index in [1.807, 2.05) is 0 Å². The molecule has 3 aliphatic rings. The van der Waals surface area contributed by atoms with Crippen molar-refractivity contribution < 1.29 is 23.8 Å². The van der Waals surface area contributed by atoms with Gasteiger partial charge in [0.1, 0.15) is 18.2 Å². The van der Waals surface area contributed by atoms with E-state index in [0.717, 1.165) is 12.8 Å². The van der Waals surface area contributed by atoms with E-state index in [1.165, 1.54) is 13.3 Å². The Balaban J connectivity index is 1.43. The molecule has 0 aromatic carbocycles. The predicted octanol–water partition coefficient (Wildman–Crippen LogP) is -0.702. The minimum Gasteiger partial charge on any atom is -0.464 e. The number of methoxy groups -OCH3 is 1. The molecule has 9 heteroatoms. The Morgan fingerprint density at radius 2 is 2.09 bits per heavy atom. The lowest BCUT2D eigenvalue weighted by Crippen LogP contribution is -2.44. The van der Waals surface area contributed by atoms with Crippen LogP contribution in [0.5, 0.6) is 0 Å². The van der Waals surface area contributed by atoms with Gasteiger partial charge in [0.05, 0.1) is 32.6 Å². The van der Waals surface area contributed by atoms with E-state index in [-0.39, 0.29) is 41.8 Å². The summed E-state index contributed by atoms with van der Waals surface area (Å²) in [6.45, 7) is 0.817. The second-order valence-corrected chi connectivity index (χ2v) is 6.13. The monoisotopic (exact) mass is 322 g/mol. The summed E-state index contributed by atoms with van der Waals surface area (Å²) in [6.07, 6.45) is 3.04. The zero-order valence-corrected chi connectivity index (χ0v) is 12.7. The van der Waals surface area contributed by atoms with Gasteiger partial charge in [0.2, 0.25) is 5.91 Å². The molecule has 9 nitrogen and oxygen atoms in total. The SMILES string of the molecule is COC(=O)c1cn([C@@H]2CO[C@@H]3[C@@H]2OC[C@@H]3NC(=O)C2CC2)nn1. The van der Waals surface area contributed by atoms with E-state index >= 15 is 0 Å². The number of hydrogen-bond acceptors (Lipinski definition) is 7. The highest BCUT2D eigenvalue weighted by atomic mass is 16.6. The number of nitrogens with one attached hydrogen (secondary N) is 1. The van der Waals surface area contributed by atoms with Gasteiger partial charge in [-0.25, -0.2) is 9.48 Å². The van der Waals surface area contributed by atoms with Crippen molar-refractivity contribution in [1.82, 2.24) is 20.3 Å². The van der Waals surface area contributed by atoms with Crippen LogP contribution in [0.3, 0.4) is 0 Å². The van der Waals surface area contributed by atoms with Gasteiger partial charge in [-0.1, -0.05) is 5.21 Å². The number of esters is 1. The molecule has 3 heterocycles. The van der Waals surface area contributed by atoms with Gasteiger partial charge in [-0.15, -0.1) is 5.10 Å². The number of nitrogens with zero attached hydrogens (tertiary/aromatic N) is 3. The van der Waals surface area contributed by atoms with E-state index in [4.69, 9.17) is 9.47 Å². The molecule has 1 saturated carbocycles. The van der Waals surface area contributed by atoms with Crippen LogP contribution in [0.15, 0.2) is 6.20 Å². The maximum Gasteiger partial charge on any atom is 0.360 e. The largest absolute Gasteiger partial charge is 0.464 e. The van der Waals surface area contributed by atoms with Crippen LogP contribution >= 0.6 is 0 Å². The number of carbonyl (C=O) groups excluding carboxylic acids is 2. The molecule has 23 heavy (non-hydrogen) atoms. The highest BCUT2D eigenvalue weighted by Gasteiger charge is 2.50. The predicted molar refractivity (Wildman–Crippen MR) is 74.5 cm³/mol. The summed E-state index contributed by atoms with van der Waals surface area (Å²) in [6, 6.07) is -0.310. The number of carbonyl (C=O) groups is 2. The van der Waals surface area contributed by atoms with Gasteiger partial charge < -0.3 is 19.5 Å². The van der Waals surface area contributed by atoms with E-state index in [0.29, 0.717) is 13.2 Å². The number of amides is 1. The van der Waals surface area contributed by atoms with Gasteiger partial charge >= 0.3 is 5.97 Å². The van der Waals surface area contributed by atoms with Gasteiger partial charge in [0, 0.05) is 5.92 Å². The van der Waals surface area contributed by atoms with Crippen LogP contribution in [0.25, 0.3) is 0 Å². The average Bonchev–Trinajstić information content (AvgIpc) is 2.97. The first-order valence-electron chi connectivity index (χ1n) is 7.71. The highest BCUT2D eigenvalue weighted by molar-refractivity contribution is 5.86. The maximum absolute atomic E-state index is 11.9. The van der Waals surface area contributed by atoms with Crippen molar-refractivity contribution in [1.29, 1.82) is 0 Å². The molecule has 0 unspecified atom stereocenters. The van der Waals surface area contributed by atoms with Crippen LogP contribution in [-0.2, 0) is 19.0 Å². The van der Waals surface area contributed by atoms with Crippen LogP contribution in [0.4, 0.5) is 0 Å². The number of fused-ring (bicyclic) bond motifs is 1. The summed E-state index contributed by atoms with van der Waals surface area (Å²) in [5.74, 6) is -0.294. The minimum absolute atomic E-state index is 0.0834. The molecule has 4 atom stereocenters. The topological polar surface area (TPSA) is 105 Å². The standard InChI is InChI=1S/C14H18N4O5/c1-21-14(20)8-4-18(17-16-8)10-6-23-11-9(5-22-12(10)11)15-13(19)7-2-3-7/h4,7,9-12H,2-3,5-6H2,1H3,(H,15,19)/t9-,10+,11-,12+/m0/s1. The summed E-state index contributed by atoms with van der Waals surface area (Å²) in [5.41, 5.74) is 0.146. The number of ether oxygens (including phenoxy) is 3. The van der Waals surface area contributed by atoms with Crippen molar-refractivity contribution in [3.05, 3.63) is 11.9 Å². The van der Waals surface area contributed by atoms with Crippen LogP contribution in [0.2, 0.25) is 0 Å². The normalized spacial score (nSPS) is 32.6. The van der Waals surface area contributed by atoms with Crippen LogP contribution < -0.4 is 5.32 Å². The molecule has 124 valence electrons. The van der Waals surface area contributed by atoms with Crippen molar-refractivity contribution in [3.8, 4) is 0 Å². The lowest BCUT2D eigenvalue weighted by Gasteiger charge is -2.17. The van der Waals surface area contributed by atoms with Crippen molar-refractivity contribution in [2.45, 2.75) is 37.1 Å². The molecule has 1 aliphatic carbocycles. The van der Waals surface area contributed by atoms with Crippen LogP contribution in [0.1, 0.15) is 29.4 Å². The third-order valence-corrected chi connectivity index (χ3v) is 4.55. The summed E-state index contributed by atoms with van der Waals surface area (Å²) >= 11 is 0. The molecule has 1 amide bonds. The molecule has 0 spiro atoms. The fourth-order valence-corrected chi connectivity index (χ4v) is 3.11. The van der Waals surface area contributed by atoms with Crippen LogP contribution in [0, 0.1) is 5.92 Å². The third-order valence-electron chi connectivity index (χ3n) is 4.55. The Morgan fingerprint density at radius 1 is 1.30 bits per heavy atom. The first-order valence-corrected chi connectivity index (χ1v) is 7.71.